The standard InChI is InChI=1S/C21H21ClN6O2/c1-27(2)18(23)13-4-6-14(7-5-13)20(29)26-19-17(12-24-28(19)3)21(30)25-16-10-8-15(22)9-11-16/h4-12,23H,1-3H3,(H,25,30)(H,26,29). The number of anilines is 2. The van der Waals surface area contributed by atoms with Crippen LogP contribution < -0.4 is 10.6 Å². The van der Waals surface area contributed by atoms with Gasteiger partial charge in [0.2, 0.25) is 0 Å². The van der Waals surface area contributed by atoms with Gasteiger partial charge in [-0.3, -0.25) is 19.7 Å². The number of hydrogen-bond acceptors (Lipinski definition) is 4. The number of amides is 2. The second-order valence-corrected chi connectivity index (χ2v) is 7.20. The molecule has 0 unspecified atom stereocenters. The lowest BCUT2D eigenvalue weighted by Gasteiger charge is -2.14. The van der Waals surface area contributed by atoms with E-state index in [1.165, 1.54) is 10.9 Å². The minimum absolute atomic E-state index is 0.229. The van der Waals surface area contributed by atoms with Crippen LogP contribution in [0.3, 0.4) is 0 Å². The number of nitrogens with zero attached hydrogens (tertiary/aromatic N) is 3. The number of carbonyl (C=O) groups is 2. The zero-order valence-corrected chi connectivity index (χ0v) is 17.5. The fourth-order valence-corrected chi connectivity index (χ4v) is 2.83. The highest BCUT2D eigenvalue weighted by Gasteiger charge is 2.19. The fraction of sp³-hybridized carbons (Fsp3) is 0.143. The molecule has 154 valence electrons. The highest BCUT2D eigenvalue weighted by atomic mass is 35.5. The molecule has 1 heterocycles. The molecule has 9 heteroatoms. The third kappa shape index (κ3) is 4.66. The van der Waals surface area contributed by atoms with Gasteiger partial charge < -0.3 is 15.5 Å². The molecule has 0 saturated carbocycles. The van der Waals surface area contributed by atoms with Crippen LogP contribution in [-0.2, 0) is 7.05 Å². The van der Waals surface area contributed by atoms with Gasteiger partial charge in [0, 0.05) is 43.0 Å². The van der Waals surface area contributed by atoms with Crippen LogP contribution in [0.25, 0.3) is 0 Å². The number of amidine groups is 1. The number of halogens is 1. The van der Waals surface area contributed by atoms with Crippen molar-refractivity contribution >= 4 is 40.8 Å². The molecule has 0 fully saturated rings. The first-order valence-electron chi connectivity index (χ1n) is 9.03. The van der Waals surface area contributed by atoms with E-state index in [1.54, 1.807) is 74.6 Å². The summed E-state index contributed by atoms with van der Waals surface area (Å²) >= 11 is 5.86. The largest absolute Gasteiger partial charge is 0.363 e. The molecule has 0 spiro atoms. The lowest BCUT2D eigenvalue weighted by molar-refractivity contribution is 0.102. The molecule has 2 amide bonds. The van der Waals surface area contributed by atoms with E-state index in [0.29, 0.717) is 27.7 Å². The maximum absolute atomic E-state index is 12.7. The second kappa shape index (κ2) is 8.79. The monoisotopic (exact) mass is 424 g/mol. The molecule has 3 aromatic rings. The van der Waals surface area contributed by atoms with E-state index in [-0.39, 0.29) is 17.3 Å². The summed E-state index contributed by atoms with van der Waals surface area (Å²) in [4.78, 5) is 27.0. The van der Waals surface area contributed by atoms with E-state index in [2.05, 4.69) is 15.7 Å². The van der Waals surface area contributed by atoms with E-state index < -0.39 is 5.91 Å². The maximum Gasteiger partial charge on any atom is 0.261 e. The van der Waals surface area contributed by atoms with E-state index >= 15 is 0 Å². The van der Waals surface area contributed by atoms with Gasteiger partial charge in [0.05, 0.1) is 6.20 Å². The number of nitrogens with one attached hydrogen (secondary N) is 3. The van der Waals surface area contributed by atoms with Crippen LogP contribution >= 0.6 is 11.6 Å². The van der Waals surface area contributed by atoms with Gasteiger partial charge in [-0.25, -0.2) is 0 Å². The molecule has 1 aromatic heterocycles. The summed E-state index contributed by atoms with van der Waals surface area (Å²) in [5.41, 5.74) is 1.90. The van der Waals surface area contributed by atoms with E-state index in [9.17, 15) is 9.59 Å². The number of rotatable bonds is 5. The Balaban J connectivity index is 1.76. The summed E-state index contributed by atoms with van der Waals surface area (Å²) in [5, 5.41) is 18.1. The highest BCUT2D eigenvalue weighted by molar-refractivity contribution is 6.30. The van der Waals surface area contributed by atoms with Crippen molar-refractivity contribution in [2.45, 2.75) is 0 Å². The van der Waals surface area contributed by atoms with Crippen molar-refractivity contribution in [2.75, 3.05) is 24.7 Å². The molecule has 8 nitrogen and oxygen atoms in total. The van der Waals surface area contributed by atoms with Crippen LogP contribution in [0.2, 0.25) is 5.02 Å². The van der Waals surface area contributed by atoms with Gasteiger partial charge in [-0.1, -0.05) is 23.7 Å². The van der Waals surface area contributed by atoms with Gasteiger partial charge in [-0.15, -0.1) is 0 Å². The molecule has 0 aliphatic heterocycles. The maximum atomic E-state index is 12.7. The van der Waals surface area contributed by atoms with Crippen molar-refractivity contribution in [3.8, 4) is 0 Å². The lowest BCUT2D eigenvalue weighted by atomic mass is 10.1. The van der Waals surface area contributed by atoms with E-state index in [1.807, 2.05) is 0 Å². The van der Waals surface area contributed by atoms with Crippen LogP contribution in [0, 0.1) is 5.41 Å². The van der Waals surface area contributed by atoms with Crippen LogP contribution in [-0.4, -0.2) is 46.4 Å². The first-order valence-corrected chi connectivity index (χ1v) is 9.40. The molecule has 0 radical (unpaired) electrons. The molecule has 30 heavy (non-hydrogen) atoms. The Kier molecular flexibility index (Phi) is 6.17. The average molecular weight is 425 g/mol. The Labute approximate surface area is 179 Å². The Morgan fingerprint density at radius 1 is 0.967 bits per heavy atom. The summed E-state index contributed by atoms with van der Waals surface area (Å²) in [6.07, 6.45) is 1.39. The Morgan fingerprint density at radius 3 is 2.17 bits per heavy atom. The van der Waals surface area contributed by atoms with Crippen LogP contribution in [0.1, 0.15) is 26.3 Å². The first-order chi connectivity index (χ1) is 14.3. The zero-order valence-electron chi connectivity index (χ0n) is 16.7. The zero-order chi connectivity index (χ0) is 21.8. The van der Waals surface area contributed by atoms with Gasteiger partial charge in [0.25, 0.3) is 11.8 Å². The summed E-state index contributed by atoms with van der Waals surface area (Å²) in [5.74, 6) is -0.177. The minimum Gasteiger partial charge on any atom is -0.363 e. The third-order valence-corrected chi connectivity index (χ3v) is 4.64. The molecule has 0 atom stereocenters. The second-order valence-electron chi connectivity index (χ2n) is 6.77. The number of aromatic nitrogens is 2. The average Bonchev–Trinajstić information content (AvgIpc) is 3.09. The van der Waals surface area contributed by atoms with Gasteiger partial charge >= 0.3 is 0 Å². The number of benzene rings is 2. The van der Waals surface area contributed by atoms with Crippen LogP contribution in [0.5, 0.6) is 0 Å². The van der Waals surface area contributed by atoms with E-state index in [0.717, 1.165) is 0 Å². The Bertz CT molecular complexity index is 1090. The van der Waals surface area contributed by atoms with Crippen LogP contribution in [0.4, 0.5) is 11.5 Å². The third-order valence-electron chi connectivity index (χ3n) is 4.39. The molecule has 0 bridgehead atoms. The predicted octanol–water partition coefficient (Wildman–Crippen LogP) is 3.47. The first kappa shape index (κ1) is 21.1. The summed E-state index contributed by atoms with van der Waals surface area (Å²) in [7, 11) is 5.19. The number of aryl methyl sites for hydroxylation is 1. The van der Waals surface area contributed by atoms with Gasteiger partial charge in [0.15, 0.2) is 0 Å². The molecule has 3 N–H and O–H groups in total. The molecular weight excluding hydrogens is 404 g/mol. The van der Waals surface area contributed by atoms with Crippen molar-refractivity contribution in [1.29, 1.82) is 5.41 Å². The predicted molar refractivity (Wildman–Crippen MR) is 118 cm³/mol. The molecule has 0 aliphatic rings. The normalized spacial score (nSPS) is 10.4. The molecule has 3 rings (SSSR count). The van der Waals surface area contributed by atoms with Crippen molar-refractivity contribution in [1.82, 2.24) is 14.7 Å². The summed E-state index contributed by atoms with van der Waals surface area (Å²) < 4.78 is 1.42. The number of carbonyl (C=O) groups excluding carboxylic acids is 2. The SMILES string of the molecule is CN(C)C(=N)c1ccc(C(=O)Nc2c(C(=O)Nc3ccc(Cl)cc3)cnn2C)cc1. The fourth-order valence-electron chi connectivity index (χ4n) is 2.70. The summed E-state index contributed by atoms with van der Waals surface area (Å²) in [6, 6.07) is 13.4. The highest BCUT2D eigenvalue weighted by Crippen LogP contribution is 2.19. The summed E-state index contributed by atoms with van der Waals surface area (Å²) in [6.45, 7) is 0. The Morgan fingerprint density at radius 2 is 1.57 bits per heavy atom. The molecule has 0 aliphatic carbocycles. The topological polar surface area (TPSA) is 103 Å². The van der Waals surface area contributed by atoms with Crippen molar-refractivity contribution in [2.24, 2.45) is 7.05 Å². The smallest absolute Gasteiger partial charge is 0.261 e. The lowest BCUT2D eigenvalue weighted by Crippen LogP contribution is -2.22. The molecule has 0 saturated heterocycles. The quantitative estimate of drug-likeness (QED) is 0.431. The van der Waals surface area contributed by atoms with Gasteiger partial charge in [-0.2, -0.15) is 5.10 Å². The van der Waals surface area contributed by atoms with Crippen molar-refractivity contribution < 1.29 is 9.59 Å². The minimum atomic E-state index is -0.407. The van der Waals surface area contributed by atoms with Gasteiger partial charge in [0.1, 0.15) is 17.2 Å². The number of hydrogen-bond donors (Lipinski definition) is 3. The Hall–Kier alpha value is -3.65. The van der Waals surface area contributed by atoms with Crippen molar-refractivity contribution in [3.63, 3.8) is 0 Å². The van der Waals surface area contributed by atoms with Crippen LogP contribution in [0.15, 0.2) is 54.7 Å². The van der Waals surface area contributed by atoms with Crippen molar-refractivity contribution in [3.05, 3.63) is 76.4 Å². The molecule has 2 aromatic carbocycles. The van der Waals surface area contributed by atoms with Gasteiger partial charge in [-0.05, 0) is 36.4 Å². The van der Waals surface area contributed by atoms with E-state index in [4.69, 9.17) is 17.0 Å². The molecular formula is C21H21ClN6O2.